The lowest BCUT2D eigenvalue weighted by atomic mass is 10.0. The van der Waals surface area contributed by atoms with Gasteiger partial charge in [0.25, 0.3) is 0 Å². The molecule has 85 heavy (non-hydrogen) atoms. The van der Waals surface area contributed by atoms with Gasteiger partial charge in [0.15, 0.2) is 0 Å². The van der Waals surface area contributed by atoms with Crippen molar-refractivity contribution in [3.63, 3.8) is 0 Å². The molecule has 0 aliphatic carbocycles. The van der Waals surface area contributed by atoms with E-state index in [-0.39, 0.29) is 18.5 Å². The molecule has 0 fully saturated rings. The van der Waals surface area contributed by atoms with E-state index in [0.717, 1.165) is 57.8 Å². The van der Waals surface area contributed by atoms with Crippen LogP contribution in [0.25, 0.3) is 0 Å². The molecule has 0 aromatic rings. The summed E-state index contributed by atoms with van der Waals surface area (Å²) >= 11 is 0. The highest BCUT2D eigenvalue weighted by atomic mass is 16.5. The molecule has 0 aliphatic rings. The molecule has 0 saturated heterocycles. The van der Waals surface area contributed by atoms with Crippen molar-refractivity contribution in [2.24, 2.45) is 0 Å². The van der Waals surface area contributed by atoms with Crippen molar-refractivity contribution >= 4 is 11.9 Å². The van der Waals surface area contributed by atoms with Gasteiger partial charge in [-0.15, -0.1) is 0 Å². The first-order chi connectivity index (χ1) is 42.0. The number of esters is 1. The summed E-state index contributed by atoms with van der Waals surface area (Å²) in [5.41, 5.74) is 0. The second-order valence-electron chi connectivity index (χ2n) is 26.0. The largest absolute Gasteiger partial charge is 0.466 e. The maximum absolute atomic E-state index is 12.5. The molecule has 498 valence electrons. The van der Waals surface area contributed by atoms with E-state index in [0.29, 0.717) is 19.4 Å². The van der Waals surface area contributed by atoms with Gasteiger partial charge in [-0.1, -0.05) is 364 Å². The van der Waals surface area contributed by atoms with Crippen molar-refractivity contribution in [2.75, 3.05) is 13.2 Å². The first-order valence-electron chi connectivity index (χ1n) is 38.1. The molecule has 0 spiro atoms. The topological polar surface area (TPSA) is 95.9 Å². The van der Waals surface area contributed by atoms with E-state index < -0.39 is 12.1 Å². The lowest BCUT2D eigenvalue weighted by Gasteiger charge is -2.20. The molecule has 0 aromatic carbocycles. The van der Waals surface area contributed by atoms with E-state index in [9.17, 15) is 19.8 Å². The number of aliphatic hydroxyl groups is 2. The zero-order valence-electron chi connectivity index (χ0n) is 57.1. The van der Waals surface area contributed by atoms with Gasteiger partial charge < -0.3 is 20.3 Å². The summed E-state index contributed by atoms with van der Waals surface area (Å²) < 4.78 is 5.48. The molecule has 6 nitrogen and oxygen atoms in total. The fraction of sp³-hybridized carbons (Fsp3) is 0.848. The Morgan fingerprint density at radius 3 is 0.941 bits per heavy atom. The Bertz CT molecular complexity index is 1470. The van der Waals surface area contributed by atoms with E-state index in [2.05, 4.69) is 67.8 Å². The normalized spacial score (nSPS) is 12.8. The molecular formula is C79H147NO5. The second-order valence-corrected chi connectivity index (χ2v) is 26.0. The van der Waals surface area contributed by atoms with E-state index in [1.54, 1.807) is 6.08 Å². The quantitative estimate of drug-likeness (QED) is 0.0320. The Morgan fingerprint density at radius 2 is 0.612 bits per heavy atom. The van der Waals surface area contributed by atoms with Crippen LogP contribution in [0.15, 0.2) is 60.8 Å². The van der Waals surface area contributed by atoms with Gasteiger partial charge in [-0.2, -0.15) is 0 Å². The molecule has 2 unspecified atom stereocenters. The molecule has 0 rings (SSSR count). The van der Waals surface area contributed by atoms with Crippen molar-refractivity contribution in [2.45, 2.75) is 418 Å². The summed E-state index contributed by atoms with van der Waals surface area (Å²) in [5, 5.41) is 23.2. The Morgan fingerprint density at radius 1 is 0.329 bits per heavy atom. The lowest BCUT2D eigenvalue weighted by molar-refractivity contribution is -0.143. The zero-order valence-corrected chi connectivity index (χ0v) is 57.1. The maximum atomic E-state index is 12.5. The molecule has 0 heterocycles. The fourth-order valence-corrected chi connectivity index (χ4v) is 11.7. The minimum atomic E-state index is -0.843. The average molecular weight is 1190 g/mol. The smallest absolute Gasteiger partial charge is 0.305 e. The summed E-state index contributed by atoms with van der Waals surface area (Å²) in [6.07, 6.45) is 99.1. The highest BCUT2D eigenvalue weighted by Gasteiger charge is 2.18. The number of hydrogen-bond donors (Lipinski definition) is 3. The number of unbranched alkanes of at least 4 members (excludes halogenated alkanes) is 52. The number of rotatable bonds is 71. The minimum Gasteiger partial charge on any atom is -0.466 e. The third-order valence-electron chi connectivity index (χ3n) is 17.5. The molecule has 1 amide bonds. The molecule has 0 bridgehead atoms. The Labute approximate surface area is 530 Å². The Kier molecular flexibility index (Phi) is 71.9. The highest BCUT2D eigenvalue weighted by molar-refractivity contribution is 5.76. The van der Waals surface area contributed by atoms with Gasteiger partial charge in [0, 0.05) is 12.8 Å². The van der Waals surface area contributed by atoms with E-state index in [1.165, 1.54) is 321 Å². The standard InChI is InChI=1S/C79H147NO5/c1-3-5-7-9-11-13-15-17-18-44-48-51-55-59-63-67-71-77(82)76(75-81)80-78(83)72-68-64-60-56-52-49-45-42-40-38-36-34-32-30-28-26-24-22-20-19-21-23-25-27-29-31-33-35-37-39-41-43-46-50-54-58-62-66-70-74-85-79(84)73-69-65-61-57-53-47-16-14-12-10-8-6-4-2/h8,10,14,16,19-20,23,25,67,71,76-77,81-82H,3-7,9,11-13,15,17-18,21-22,24,26-66,68-70,72-75H2,1-2H3,(H,80,83)/b10-8-,16-14-,20-19-,25-23-,71-67+. The van der Waals surface area contributed by atoms with Crippen LogP contribution in [0.1, 0.15) is 406 Å². The van der Waals surface area contributed by atoms with E-state index in [4.69, 9.17) is 4.74 Å². The summed E-state index contributed by atoms with van der Waals surface area (Å²) in [6, 6.07) is -0.626. The maximum Gasteiger partial charge on any atom is 0.305 e. The predicted molar refractivity (Wildman–Crippen MR) is 375 cm³/mol. The van der Waals surface area contributed by atoms with Crippen LogP contribution in [0.4, 0.5) is 0 Å². The number of nitrogens with one attached hydrogen (secondary N) is 1. The molecule has 3 N–H and O–H groups in total. The SMILES string of the molecule is CCC/C=C\C/C=C\CCCCCCCC(=O)OCCCCCCCCCCCCCCCCC/C=C\C/C=C\CCCCCCCCCCCCCCCCCCCC(=O)NC(CO)C(O)/C=C/CCCCCCCCCCCCCCCC. The number of carbonyl (C=O) groups is 2. The van der Waals surface area contributed by atoms with E-state index >= 15 is 0 Å². The van der Waals surface area contributed by atoms with E-state index in [1.807, 2.05) is 6.08 Å². The summed E-state index contributed by atoms with van der Waals surface area (Å²) in [5.74, 6) is -0.0580. The molecular weight excluding hydrogens is 1040 g/mol. The predicted octanol–water partition coefficient (Wildman–Crippen LogP) is 25.0. The molecule has 0 aliphatic heterocycles. The molecule has 0 radical (unpaired) electrons. The van der Waals surface area contributed by atoms with Crippen molar-refractivity contribution in [3.05, 3.63) is 60.8 Å². The first kappa shape index (κ1) is 82.6. The van der Waals surface area contributed by atoms with Crippen LogP contribution >= 0.6 is 0 Å². The highest BCUT2D eigenvalue weighted by Crippen LogP contribution is 2.19. The van der Waals surface area contributed by atoms with Crippen molar-refractivity contribution in [1.82, 2.24) is 5.32 Å². The summed E-state index contributed by atoms with van der Waals surface area (Å²) in [7, 11) is 0. The molecule has 2 atom stereocenters. The van der Waals surface area contributed by atoms with Crippen LogP contribution < -0.4 is 5.32 Å². The van der Waals surface area contributed by atoms with Gasteiger partial charge in [0.1, 0.15) is 0 Å². The van der Waals surface area contributed by atoms with Gasteiger partial charge in [-0.25, -0.2) is 0 Å². The van der Waals surface area contributed by atoms with Crippen LogP contribution in [0, 0.1) is 0 Å². The lowest BCUT2D eigenvalue weighted by Crippen LogP contribution is -2.45. The number of hydrogen-bond acceptors (Lipinski definition) is 5. The van der Waals surface area contributed by atoms with Gasteiger partial charge in [0.2, 0.25) is 5.91 Å². The number of allylic oxidation sites excluding steroid dienone is 9. The monoisotopic (exact) mass is 1190 g/mol. The molecule has 6 heteroatoms. The van der Waals surface area contributed by atoms with Gasteiger partial charge in [-0.05, 0) is 89.9 Å². The van der Waals surface area contributed by atoms with Crippen LogP contribution in [0.3, 0.4) is 0 Å². The Hall–Kier alpha value is -2.44. The number of amides is 1. The Balaban J connectivity index is 3.37. The van der Waals surface area contributed by atoms with Gasteiger partial charge in [-0.3, -0.25) is 9.59 Å². The molecule has 0 aromatic heterocycles. The number of ether oxygens (including phenoxy) is 1. The van der Waals surface area contributed by atoms with Crippen LogP contribution in [0.5, 0.6) is 0 Å². The van der Waals surface area contributed by atoms with Crippen LogP contribution in [0.2, 0.25) is 0 Å². The van der Waals surface area contributed by atoms with Crippen LogP contribution in [-0.4, -0.2) is 47.4 Å². The van der Waals surface area contributed by atoms with Crippen molar-refractivity contribution in [1.29, 1.82) is 0 Å². The van der Waals surface area contributed by atoms with Crippen molar-refractivity contribution < 1.29 is 24.5 Å². The average Bonchev–Trinajstić information content (AvgIpc) is 3.51. The third-order valence-corrected chi connectivity index (χ3v) is 17.5. The van der Waals surface area contributed by atoms with Gasteiger partial charge >= 0.3 is 5.97 Å². The summed E-state index contributed by atoms with van der Waals surface area (Å²) in [6.45, 7) is 4.86. The van der Waals surface area contributed by atoms with Crippen LogP contribution in [-0.2, 0) is 14.3 Å². The number of carbonyl (C=O) groups excluding carboxylic acids is 2. The first-order valence-corrected chi connectivity index (χ1v) is 38.1. The van der Waals surface area contributed by atoms with Crippen molar-refractivity contribution in [3.8, 4) is 0 Å². The minimum absolute atomic E-state index is 0.00463. The number of aliphatic hydroxyl groups excluding tert-OH is 2. The molecule has 0 saturated carbocycles. The zero-order chi connectivity index (χ0) is 61.3. The summed E-state index contributed by atoms with van der Waals surface area (Å²) in [4.78, 5) is 24.5. The fourth-order valence-electron chi connectivity index (χ4n) is 11.7. The third kappa shape index (κ3) is 70.5. The second kappa shape index (κ2) is 74.0. The van der Waals surface area contributed by atoms with Gasteiger partial charge in [0.05, 0.1) is 25.4 Å².